The SMILES string of the molecule is O=C(Cc1csc(-c2ccc(Cl)s2)n1)N1CCOC(c2ccc(Br)cc2)C1. The Morgan fingerprint density at radius 3 is 2.85 bits per heavy atom. The smallest absolute Gasteiger partial charge is 0.228 e. The van der Waals surface area contributed by atoms with Crippen molar-refractivity contribution in [3.8, 4) is 9.88 Å². The minimum absolute atomic E-state index is 0.0847. The zero-order valence-electron chi connectivity index (χ0n) is 14.2. The molecule has 1 unspecified atom stereocenters. The molecule has 140 valence electrons. The highest BCUT2D eigenvalue weighted by Crippen LogP contribution is 2.33. The first kappa shape index (κ1) is 19.1. The van der Waals surface area contributed by atoms with Crippen LogP contribution in [-0.4, -0.2) is 35.5 Å². The number of thiophene rings is 1. The highest BCUT2D eigenvalue weighted by atomic mass is 79.9. The fourth-order valence-corrected chi connectivity index (χ4v) is 5.15. The molecule has 4 rings (SSSR count). The molecule has 1 saturated heterocycles. The van der Waals surface area contributed by atoms with Crippen LogP contribution in [0.2, 0.25) is 4.34 Å². The van der Waals surface area contributed by atoms with Crippen molar-refractivity contribution in [1.29, 1.82) is 0 Å². The summed E-state index contributed by atoms with van der Waals surface area (Å²) in [7, 11) is 0. The van der Waals surface area contributed by atoms with Crippen LogP contribution in [0.15, 0.2) is 46.3 Å². The van der Waals surface area contributed by atoms with Gasteiger partial charge in [0.1, 0.15) is 11.1 Å². The van der Waals surface area contributed by atoms with Crippen LogP contribution in [0, 0.1) is 0 Å². The molecule has 0 aliphatic carbocycles. The Morgan fingerprint density at radius 1 is 1.30 bits per heavy atom. The third-order valence-electron chi connectivity index (χ3n) is 4.33. The van der Waals surface area contributed by atoms with E-state index in [1.807, 2.05) is 46.7 Å². The minimum Gasteiger partial charge on any atom is -0.370 e. The molecule has 0 N–H and O–H groups in total. The number of hydrogen-bond donors (Lipinski definition) is 0. The van der Waals surface area contributed by atoms with E-state index in [0.717, 1.165) is 30.0 Å². The Bertz CT molecular complexity index is 941. The average molecular weight is 484 g/mol. The molecule has 8 heteroatoms. The molecule has 0 spiro atoms. The van der Waals surface area contributed by atoms with Crippen LogP contribution < -0.4 is 0 Å². The van der Waals surface area contributed by atoms with Gasteiger partial charge in [-0.1, -0.05) is 39.7 Å². The van der Waals surface area contributed by atoms with E-state index in [0.29, 0.717) is 26.1 Å². The second-order valence-corrected chi connectivity index (χ2v) is 9.66. The van der Waals surface area contributed by atoms with Gasteiger partial charge in [0.2, 0.25) is 5.91 Å². The number of ether oxygens (including phenoxy) is 1. The zero-order valence-corrected chi connectivity index (χ0v) is 18.2. The van der Waals surface area contributed by atoms with Gasteiger partial charge in [-0.25, -0.2) is 4.98 Å². The van der Waals surface area contributed by atoms with Gasteiger partial charge < -0.3 is 9.64 Å². The van der Waals surface area contributed by atoms with Gasteiger partial charge in [-0.15, -0.1) is 22.7 Å². The first-order valence-electron chi connectivity index (χ1n) is 8.43. The molecule has 1 fully saturated rings. The van der Waals surface area contributed by atoms with Gasteiger partial charge in [-0.3, -0.25) is 4.79 Å². The normalized spacial score (nSPS) is 17.3. The zero-order chi connectivity index (χ0) is 18.8. The summed E-state index contributed by atoms with van der Waals surface area (Å²) in [6, 6.07) is 11.9. The molecule has 1 aliphatic rings. The number of morpholine rings is 1. The molecule has 0 radical (unpaired) electrons. The lowest BCUT2D eigenvalue weighted by atomic mass is 10.1. The van der Waals surface area contributed by atoms with Gasteiger partial charge in [-0.2, -0.15) is 0 Å². The van der Waals surface area contributed by atoms with Crippen molar-refractivity contribution in [2.45, 2.75) is 12.5 Å². The summed E-state index contributed by atoms with van der Waals surface area (Å²) in [6.45, 7) is 1.73. The van der Waals surface area contributed by atoms with Crippen molar-refractivity contribution >= 4 is 56.1 Å². The Balaban J connectivity index is 1.40. The van der Waals surface area contributed by atoms with Crippen LogP contribution in [0.1, 0.15) is 17.4 Å². The van der Waals surface area contributed by atoms with Crippen LogP contribution in [0.25, 0.3) is 9.88 Å². The third kappa shape index (κ3) is 4.60. The van der Waals surface area contributed by atoms with Crippen molar-refractivity contribution < 1.29 is 9.53 Å². The summed E-state index contributed by atoms with van der Waals surface area (Å²) in [4.78, 5) is 20.3. The Hall–Kier alpha value is -1.25. The molecule has 2 aromatic heterocycles. The number of nitrogens with zero attached hydrogens (tertiary/aromatic N) is 2. The third-order valence-corrected chi connectivity index (χ3v) is 7.15. The lowest BCUT2D eigenvalue weighted by Crippen LogP contribution is -2.43. The Morgan fingerprint density at radius 2 is 2.11 bits per heavy atom. The number of halogens is 2. The van der Waals surface area contributed by atoms with E-state index in [1.165, 1.54) is 11.3 Å². The summed E-state index contributed by atoms with van der Waals surface area (Å²) >= 11 is 12.5. The number of aromatic nitrogens is 1. The van der Waals surface area contributed by atoms with Gasteiger partial charge in [0, 0.05) is 16.4 Å². The van der Waals surface area contributed by atoms with E-state index in [-0.39, 0.29) is 12.0 Å². The summed E-state index contributed by atoms with van der Waals surface area (Å²) in [5.74, 6) is 0.0847. The van der Waals surface area contributed by atoms with Crippen LogP contribution in [0.5, 0.6) is 0 Å². The number of hydrogen-bond acceptors (Lipinski definition) is 5. The van der Waals surface area contributed by atoms with Crippen molar-refractivity contribution in [2.24, 2.45) is 0 Å². The van der Waals surface area contributed by atoms with Crippen molar-refractivity contribution in [3.05, 3.63) is 61.8 Å². The molecular formula is C19H16BrClN2O2S2. The summed E-state index contributed by atoms with van der Waals surface area (Å²) in [5, 5.41) is 2.86. The molecule has 3 heterocycles. The molecular weight excluding hydrogens is 468 g/mol. The standard InChI is InChI=1S/C19H16BrClN2O2S2/c20-13-3-1-12(2-4-13)15-10-23(7-8-25-15)18(24)9-14-11-26-19(22-14)16-5-6-17(21)27-16/h1-6,11,15H,7-10H2. The first-order valence-corrected chi connectivity index (χ1v) is 11.3. The van der Waals surface area contributed by atoms with E-state index >= 15 is 0 Å². The summed E-state index contributed by atoms with van der Waals surface area (Å²) in [5.41, 5.74) is 1.89. The predicted molar refractivity (Wildman–Crippen MR) is 114 cm³/mol. The maximum atomic E-state index is 12.8. The maximum absolute atomic E-state index is 12.8. The van der Waals surface area contributed by atoms with Crippen molar-refractivity contribution in [3.63, 3.8) is 0 Å². The Labute approximate surface area is 178 Å². The average Bonchev–Trinajstić information content (AvgIpc) is 3.31. The maximum Gasteiger partial charge on any atom is 0.228 e. The highest BCUT2D eigenvalue weighted by Gasteiger charge is 2.26. The topological polar surface area (TPSA) is 42.4 Å². The van der Waals surface area contributed by atoms with Crippen LogP contribution in [-0.2, 0) is 16.0 Å². The molecule has 0 saturated carbocycles. The van der Waals surface area contributed by atoms with E-state index in [1.54, 1.807) is 11.3 Å². The van der Waals surface area contributed by atoms with Gasteiger partial charge in [0.05, 0.1) is 34.5 Å². The van der Waals surface area contributed by atoms with Crippen LogP contribution >= 0.6 is 50.2 Å². The molecule has 3 aromatic rings. The van der Waals surface area contributed by atoms with E-state index in [4.69, 9.17) is 16.3 Å². The Kier molecular flexibility index (Phi) is 5.94. The molecule has 4 nitrogen and oxygen atoms in total. The lowest BCUT2D eigenvalue weighted by Gasteiger charge is -2.33. The van der Waals surface area contributed by atoms with Crippen molar-refractivity contribution in [1.82, 2.24) is 9.88 Å². The van der Waals surface area contributed by atoms with Gasteiger partial charge >= 0.3 is 0 Å². The second kappa shape index (κ2) is 8.41. The fourth-order valence-electron chi connectivity index (χ4n) is 2.95. The second-order valence-electron chi connectivity index (χ2n) is 6.18. The van der Waals surface area contributed by atoms with Crippen LogP contribution in [0.4, 0.5) is 0 Å². The predicted octanol–water partition coefficient (Wildman–Crippen LogP) is 5.43. The molecule has 1 atom stereocenters. The fraction of sp³-hybridized carbons (Fsp3) is 0.263. The summed E-state index contributed by atoms with van der Waals surface area (Å²) < 4.78 is 7.63. The number of rotatable bonds is 4. The van der Waals surface area contributed by atoms with Crippen molar-refractivity contribution in [2.75, 3.05) is 19.7 Å². The summed E-state index contributed by atoms with van der Waals surface area (Å²) in [6.07, 6.45) is 0.220. The van der Waals surface area contributed by atoms with Gasteiger partial charge in [0.15, 0.2) is 0 Å². The van der Waals surface area contributed by atoms with E-state index in [2.05, 4.69) is 20.9 Å². The number of benzene rings is 1. The minimum atomic E-state index is -0.0879. The van der Waals surface area contributed by atoms with Gasteiger partial charge in [0.25, 0.3) is 0 Å². The number of amides is 1. The molecule has 1 amide bonds. The highest BCUT2D eigenvalue weighted by molar-refractivity contribution is 9.10. The number of carbonyl (C=O) groups excluding carboxylic acids is 1. The molecule has 0 bridgehead atoms. The largest absolute Gasteiger partial charge is 0.370 e. The monoisotopic (exact) mass is 482 g/mol. The van der Waals surface area contributed by atoms with E-state index in [9.17, 15) is 4.79 Å². The quantitative estimate of drug-likeness (QED) is 0.497. The first-order chi connectivity index (χ1) is 13.1. The van der Waals surface area contributed by atoms with Gasteiger partial charge in [-0.05, 0) is 29.8 Å². The molecule has 1 aliphatic heterocycles. The number of carbonyl (C=O) groups is 1. The molecule has 27 heavy (non-hydrogen) atoms. The molecule has 1 aromatic carbocycles. The number of thiazole rings is 1. The van der Waals surface area contributed by atoms with Crippen LogP contribution in [0.3, 0.4) is 0 Å². The lowest BCUT2D eigenvalue weighted by molar-refractivity contribution is -0.138. The van der Waals surface area contributed by atoms with E-state index < -0.39 is 0 Å².